The van der Waals surface area contributed by atoms with Crippen LogP contribution in [0.15, 0.2) is 18.2 Å². The van der Waals surface area contributed by atoms with Crippen LogP contribution in [0.2, 0.25) is 0 Å². The molecule has 1 aliphatic carbocycles. The number of nitrogen functional groups attached to an aromatic ring is 2. The first kappa shape index (κ1) is 13.7. The van der Waals surface area contributed by atoms with E-state index < -0.39 is 0 Å². The smallest absolute Gasteiger partial charge is 0.253 e. The Morgan fingerprint density at radius 1 is 1.37 bits per heavy atom. The number of rotatable bonds is 3. The lowest BCUT2D eigenvalue weighted by molar-refractivity contribution is 0.0941. The summed E-state index contributed by atoms with van der Waals surface area (Å²) in [4.78, 5) is 12.1. The number of carbonyl (C=O) groups is 1. The van der Waals surface area contributed by atoms with E-state index in [0.717, 1.165) is 12.5 Å². The fourth-order valence-corrected chi connectivity index (χ4v) is 2.87. The molecule has 1 aromatic carbocycles. The van der Waals surface area contributed by atoms with Gasteiger partial charge in [0.15, 0.2) is 0 Å². The van der Waals surface area contributed by atoms with E-state index in [0.29, 0.717) is 22.9 Å². The molecule has 0 aliphatic heterocycles. The highest BCUT2D eigenvalue weighted by atomic mass is 16.1. The van der Waals surface area contributed by atoms with E-state index in [9.17, 15) is 4.79 Å². The zero-order valence-electron chi connectivity index (χ0n) is 11.5. The molecule has 0 bridgehead atoms. The summed E-state index contributed by atoms with van der Waals surface area (Å²) in [5, 5.41) is 2.99. The van der Waals surface area contributed by atoms with Crippen molar-refractivity contribution in [3.63, 3.8) is 0 Å². The largest absolute Gasteiger partial charge is 0.399 e. The summed E-state index contributed by atoms with van der Waals surface area (Å²) in [6.45, 7) is 3.03. The Hall–Kier alpha value is -1.71. The van der Waals surface area contributed by atoms with Crippen LogP contribution in [0.25, 0.3) is 0 Å². The molecule has 0 saturated heterocycles. The number of hydrogen-bond donors (Lipinski definition) is 3. The highest BCUT2D eigenvalue weighted by molar-refractivity contribution is 5.99. The number of anilines is 2. The lowest BCUT2D eigenvalue weighted by atomic mass is 9.82. The minimum absolute atomic E-state index is 0.101. The van der Waals surface area contributed by atoms with E-state index in [4.69, 9.17) is 11.5 Å². The summed E-state index contributed by atoms with van der Waals surface area (Å²) >= 11 is 0. The first-order chi connectivity index (χ1) is 9.06. The highest BCUT2D eigenvalue weighted by Gasteiger charge is 2.19. The predicted molar refractivity (Wildman–Crippen MR) is 78.7 cm³/mol. The Morgan fingerprint density at radius 2 is 2.16 bits per heavy atom. The normalized spacial score (nSPS) is 23.0. The van der Waals surface area contributed by atoms with Crippen molar-refractivity contribution in [2.24, 2.45) is 11.8 Å². The first-order valence-corrected chi connectivity index (χ1v) is 6.99. The molecule has 1 amide bonds. The van der Waals surface area contributed by atoms with Gasteiger partial charge in [0.05, 0.1) is 5.56 Å². The number of nitrogens with two attached hydrogens (primary N) is 2. The molecule has 19 heavy (non-hydrogen) atoms. The van der Waals surface area contributed by atoms with E-state index in [1.165, 1.54) is 25.7 Å². The van der Waals surface area contributed by atoms with Gasteiger partial charge < -0.3 is 16.8 Å². The van der Waals surface area contributed by atoms with Crippen LogP contribution in [0.5, 0.6) is 0 Å². The number of carbonyl (C=O) groups excluding carboxylic acids is 1. The zero-order chi connectivity index (χ0) is 13.8. The van der Waals surface area contributed by atoms with E-state index in [2.05, 4.69) is 12.2 Å². The van der Waals surface area contributed by atoms with Gasteiger partial charge in [0, 0.05) is 17.9 Å². The third-order valence-electron chi connectivity index (χ3n) is 3.92. The van der Waals surface area contributed by atoms with Gasteiger partial charge in [0.1, 0.15) is 0 Å². The third-order valence-corrected chi connectivity index (χ3v) is 3.92. The lowest BCUT2D eigenvalue weighted by Gasteiger charge is -2.26. The van der Waals surface area contributed by atoms with Crippen LogP contribution in [-0.4, -0.2) is 12.5 Å². The van der Waals surface area contributed by atoms with Gasteiger partial charge in [-0.2, -0.15) is 0 Å². The van der Waals surface area contributed by atoms with Crippen LogP contribution >= 0.6 is 0 Å². The quantitative estimate of drug-likeness (QED) is 0.731. The summed E-state index contributed by atoms with van der Waals surface area (Å²) in [7, 11) is 0. The Bertz CT molecular complexity index is 459. The van der Waals surface area contributed by atoms with Crippen LogP contribution in [0.1, 0.15) is 43.0 Å². The molecule has 4 heteroatoms. The molecule has 1 aliphatic rings. The molecule has 0 aromatic heterocycles. The van der Waals surface area contributed by atoms with Crippen LogP contribution in [0.3, 0.4) is 0 Å². The molecule has 0 spiro atoms. The summed E-state index contributed by atoms with van der Waals surface area (Å²) in [5.74, 6) is 1.27. The maximum atomic E-state index is 12.1. The molecule has 2 rings (SSSR count). The Balaban J connectivity index is 1.90. The molecule has 2 atom stereocenters. The minimum atomic E-state index is -0.101. The minimum Gasteiger partial charge on any atom is -0.399 e. The van der Waals surface area contributed by atoms with E-state index in [-0.39, 0.29) is 5.91 Å². The Morgan fingerprint density at radius 3 is 2.84 bits per heavy atom. The summed E-state index contributed by atoms with van der Waals surface area (Å²) < 4.78 is 0. The van der Waals surface area contributed by atoms with Crippen LogP contribution in [0.4, 0.5) is 11.4 Å². The van der Waals surface area contributed by atoms with Crippen molar-refractivity contribution in [1.82, 2.24) is 5.32 Å². The van der Waals surface area contributed by atoms with Gasteiger partial charge in [-0.1, -0.05) is 19.8 Å². The highest BCUT2D eigenvalue weighted by Crippen LogP contribution is 2.28. The summed E-state index contributed by atoms with van der Waals surface area (Å²) in [6.07, 6.45) is 5.00. The molecular formula is C15H23N3O. The monoisotopic (exact) mass is 261 g/mol. The molecule has 5 N–H and O–H groups in total. The topological polar surface area (TPSA) is 81.1 Å². The van der Waals surface area contributed by atoms with Crippen molar-refractivity contribution in [3.8, 4) is 0 Å². The van der Waals surface area contributed by atoms with Crippen molar-refractivity contribution in [1.29, 1.82) is 0 Å². The standard InChI is InChI=1S/C15H23N3O/c1-10-3-2-4-11(7-10)9-18-15(19)13-6-5-12(16)8-14(13)17/h5-6,8,10-11H,2-4,7,9,16-17H2,1H3,(H,18,19). The number of nitrogens with one attached hydrogen (secondary N) is 1. The van der Waals surface area contributed by atoms with Crippen molar-refractivity contribution in [3.05, 3.63) is 23.8 Å². The average molecular weight is 261 g/mol. The van der Waals surface area contributed by atoms with Crippen molar-refractivity contribution >= 4 is 17.3 Å². The zero-order valence-corrected chi connectivity index (χ0v) is 11.5. The van der Waals surface area contributed by atoms with Crippen LogP contribution in [0, 0.1) is 11.8 Å². The molecule has 1 saturated carbocycles. The van der Waals surface area contributed by atoms with Gasteiger partial charge >= 0.3 is 0 Å². The van der Waals surface area contributed by atoms with Gasteiger partial charge in [-0.05, 0) is 42.9 Å². The fraction of sp³-hybridized carbons (Fsp3) is 0.533. The van der Waals surface area contributed by atoms with Gasteiger partial charge in [-0.3, -0.25) is 4.79 Å². The number of amides is 1. The number of hydrogen-bond acceptors (Lipinski definition) is 3. The molecule has 0 heterocycles. The maximum absolute atomic E-state index is 12.1. The first-order valence-electron chi connectivity index (χ1n) is 6.99. The van der Waals surface area contributed by atoms with E-state index in [1.54, 1.807) is 18.2 Å². The molecule has 2 unspecified atom stereocenters. The van der Waals surface area contributed by atoms with Gasteiger partial charge in [-0.25, -0.2) is 0 Å². The fourth-order valence-electron chi connectivity index (χ4n) is 2.87. The average Bonchev–Trinajstić information content (AvgIpc) is 2.36. The Kier molecular flexibility index (Phi) is 4.30. The second-order valence-electron chi connectivity index (χ2n) is 5.69. The molecular weight excluding hydrogens is 238 g/mol. The third kappa shape index (κ3) is 3.63. The second-order valence-corrected chi connectivity index (χ2v) is 5.69. The van der Waals surface area contributed by atoms with E-state index >= 15 is 0 Å². The summed E-state index contributed by atoms with van der Waals surface area (Å²) in [6, 6.07) is 5.01. The lowest BCUT2D eigenvalue weighted by Crippen LogP contribution is -2.31. The van der Waals surface area contributed by atoms with Gasteiger partial charge in [0.25, 0.3) is 5.91 Å². The number of benzene rings is 1. The van der Waals surface area contributed by atoms with Crippen molar-refractivity contribution in [2.45, 2.75) is 32.6 Å². The van der Waals surface area contributed by atoms with E-state index in [1.807, 2.05) is 0 Å². The van der Waals surface area contributed by atoms with Crippen LogP contribution < -0.4 is 16.8 Å². The molecule has 4 nitrogen and oxygen atoms in total. The molecule has 1 fully saturated rings. The molecule has 0 radical (unpaired) electrons. The molecule has 1 aromatic rings. The second kappa shape index (κ2) is 5.95. The maximum Gasteiger partial charge on any atom is 0.253 e. The summed E-state index contributed by atoms with van der Waals surface area (Å²) in [5.41, 5.74) is 13.0. The van der Waals surface area contributed by atoms with Gasteiger partial charge in [0.2, 0.25) is 0 Å². The van der Waals surface area contributed by atoms with Crippen LogP contribution in [-0.2, 0) is 0 Å². The van der Waals surface area contributed by atoms with Crippen molar-refractivity contribution in [2.75, 3.05) is 18.0 Å². The predicted octanol–water partition coefficient (Wildman–Crippen LogP) is 2.41. The SMILES string of the molecule is CC1CCCC(CNC(=O)c2ccc(N)cc2N)C1. The van der Waals surface area contributed by atoms with Gasteiger partial charge in [-0.15, -0.1) is 0 Å². The molecule has 104 valence electrons. The Labute approximate surface area is 114 Å². The van der Waals surface area contributed by atoms with Crippen molar-refractivity contribution < 1.29 is 4.79 Å².